The van der Waals surface area contributed by atoms with E-state index in [9.17, 15) is 4.79 Å². The van der Waals surface area contributed by atoms with Gasteiger partial charge in [-0.05, 0) is 25.1 Å². The molecule has 1 aromatic heterocycles. The van der Waals surface area contributed by atoms with Crippen molar-refractivity contribution in [3.8, 4) is 11.6 Å². The second kappa shape index (κ2) is 7.21. The molecule has 2 heterocycles. The van der Waals surface area contributed by atoms with Crippen LogP contribution in [0.1, 0.15) is 12.1 Å². The van der Waals surface area contributed by atoms with E-state index in [0.717, 1.165) is 17.9 Å². The van der Waals surface area contributed by atoms with E-state index in [1.807, 2.05) is 37.3 Å². The maximum Gasteiger partial charge on any atom is 0.322 e. The molecule has 1 fully saturated rings. The molecular formula is C18H21N3O3. The lowest BCUT2D eigenvalue weighted by Gasteiger charge is -2.18. The minimum atomic E-state index is -0.135. The van der Waals surface area contributed by atoms with E-state index in [0.29, 0.717) is 24.7 Å². The molecule has 6 nitrogen and oxygen atoms in total. The van der Waals surface area contributed by atoms with Gasteiger partial charge in [0.25, 0.3) is 0 Å². The summed E-state index contributed by atoms with van der Waals surface area (Å²) in [7, 11) is 1.57. The third-order valence-electron chi connectivity index (χ3n) is 3.99. The minimum absolute atomic E-state index is 0.0215. The molecule has 2 amide bonds. The second-order valence-corrected chi connectivity index (χ2v) is 5.70. The molecule has 0 unspecified atom stereocenters. The number of methoxy groups -OCH3 is 1. The lowest BCUT2D eigenvalue weighted by Crippen LogP contribution is -2.34. The fraction of sp³-hybridized carbons (Fsp3) is 0.333. The van der Waals surface area contributed by atoms with Crippen LogP contribution in [0.5, 0.6) is 11.6 Å². The molecule has 0 aliphatic carbocycles. The van der Waals surface area contributed by atoms with Gasteiger partial charge in [-0.2, -0.15) is 0 Å². The normalized spacial score (nSPS) is 16.8. The van der Waals surface area contributed by atoms with Gasteiger partial charge in [0.2, 0.25) is 5.88 Å². The Bertz CT molecular complexity index is 706. The average Bonchev–Trinajstić information content (AvgIpc) is 3.06. The Hall–Kier alpha value is -2.76. The number of likely N-dealkylation sites (tertiary alicyclic amines) is 1. The van der Waals surface area contributed by atoms with Crippen molar-refractivity contribution in [1.82, 2.24) is 9.88 Å². The van der Waals surface area contributed by atoms with E-state index in [1.165, 1.54) is 0 Å². The molecular weight excluding hydrogens is 306 g/mol. The van der Waals surface area contributed by atoms with Crippen molar-refractivity contribution >= 4 is 11.7 Å². The van der Waals surface area contributed by atoms with Gasteiger partial charge in [-0.3, -0.25) is 0 Å². The van der Waals surface area contributed by atoms with E-state index >= 15 is 0 Å². The molecule has 1 saturated heterocycles. The van der Waals surface area contributed by atoms with Crippen molar-refractivity contribution in [3.05, 3.63) is 48.2 Å². The van der Waals surface area contributed by atoms with Crippen LogP contribution in [0.2, 0.25) is 0 Å². The second-order valence-electron chi connectivity index (χ2n) is 5.70. The number of nitrogens with zero attached hydrogens (tertiary/aromatic N) is 2. The zero-order valence-electron chi connectivity index (χ0n) is 13.9. The van der Waals surface area contributed by atoms with Crippen LogP contribution in [0.4, 0.5) is 10.5 Å². The minimum Gasteiger partial charge on any atom is -0.489 e. The Morgan fingerprint density at radius 2 is 2.04 bits per heavy atom. The van der Waals surface area contributed by atoms with E-state index < -0.39 is 0 Å². The zero-order chi connectivity index (χ0) is 16.9. The summed E-state index contributed by atoms with van der Waals surface area (Å²) in [5.74, 6) is 1.36. The van der Waals surface area contributed by atoms with Crippen LogP contribution in [0, 0.1) is 6.92 Å². The highest BCUT2D eigenvalue weighted by atomic mass is 16.5. The topological polar surface area (TPSA) is 63.7 Å². The molecule has 1 aromatic carbocycles. The van der Waals surface area contributed by atoms with E-state index in [4.69, 9.17) is 9.47 Å². The summed E-state index contributed by atoms with van der Waals surface area (Å²) >= 11 is 0. The summed E-state index contributed by atoms with van der Waals surface area (Å²) in [6.45, 7) is 3.08. The van der Waals surface area contributed by atoms with Gasteiger partial charge in [0.1, 0.15) is 11.9 Å². The number of hydrogen-bond donors (Lipinski definition) is 1. The molecule has 0 bridgehead atoms. The third kappa shape index (κ3) is 3.76. The number of ether oxygens (including phenoxy) is 2. The van der Waals surface area contributed by atoms with Crippen molar-refractivity contribution in [2.75, 3.05) is 25.5 Å². The molecule has 1 aliphatic heterocycles. The molecule has 126 valence electrons. The lowest BCUT2D eigenvalue weighted by molar-refractivity contribution is 0.195. The number of urea groups is 1. The van der Waals surface area contributed by atoms with Crippen LogP contribution in [0.15, 0.2) is 42.5 Å². The summed E-state index contributed by atoms with van der Waals surface area (Å²) in [4.78, 5) is 18.4. The Morgan fingerprint density at radius 3 is 2.75 bits per heavy atom. The quantitative estimate of drug-likeness (QED) is 0.937. The SMILES string of the molecule is COc1ccc(NC(=O)N2CC[C@@H](Oc3ccccc3)C2)c(C)n1. The van der Waals surface area contributed by atoms with E-state index in [-0.39, 0.29) is 12.1 Å². The zero-order valence-corrected chi connectivity index (χ0v) is 13.9. The number of carbonyl (C=O) groups excluding carboxylic acids is 1. The van der Waals surface area contributed by atoms with Crippen LogP contribution in [0.3, 0.4) is 0 Å². The maximum atomic E-state index is 12.4. The highest BCUT2D eigenvalue weighted by Gasteiger charge is 2.28. The van der Waals surface area contributed by atoms with E-state index in [1.54, 1.807) is 24.1 Å². The summed E-state index contributed by atoms with van der Waals surface area (Å²) < 4.78 is 11.0. The highest BCUT2D eigenvalue weighted by molar-refractivity contribution is 5.90. The number of anilines is 1. The monoisotopic (exact) mass is 327 g/mol. The number of rotatable bonds is 4. The first-order valence-corrected chi connectivity index (χ1v) is 7.95. The Morgan fingerprint density at radius 1 is 1.25 bits per heavy atom. The number of benzene rings is 1. The molecule has 1 N–H and O–H groups in total. The standard InChI is InChI=1S/C18H21N3O3/c1-13-16(8-9-17(19-13)23-2)20-18(22)21-11-10-15(12-21)24-14-6-4-3-5-7-14/h3-9,15H,10-12H2,1-2H3,(H,20,22)/t15-/m1/s1. The molecule has 0 saturated carbocycles. The van der Waals surface area contributed by atoms with Crippen molar-refractivity contribution in [3.63, 3.8) is 0 Å². The first kappa shape index (κ1) is 16.1. The fourth-order valence-electron chi connectivity index (χ4n) is 2.68. The average molecular weight is 327 g/mol. The van der Waals surface area contributed by atoms with Gasteiger partial charge in [-0.1, -0.05) is 18.2 Å². The van der Waals surface area contributed by atoms with Crippen LogP contribution in [0.25, 0.3) is 0 Å². The molecule has 2 aromatic rings. The smallest absolute Gasteiger partial charge is 0.322 e. The molecule has 0 spiro atoms. The van der Waals surface area contributed by atoms with Gasteiger partial charge in [0.15, 0.2) is 0 Å². The number of pyridine rings is 1. The van der Waals surface area contributed by atoms with Crippen LogP contribution in [-0.4, -0.2) is 42.2 Å². The van der Waals surface area contributed by atoms with Crippen LogP contribution >= 0.6 is 0 Å². The van der Waals surface area contributed by atoms with E-state index in [2.05, 4.69) is 10.3 Å². The van der Waals surface area contributed by atoms with Gasteiger partial charge >= 0.3 is 6.03 Å². The number of amides is 2. The van der Waals surface area contributed by atoms with Gasteiger partial charge in [0, 0.05) is 19.0 Å². The Kier molecular flexibility index (Phi) is 4.84. The van der Waals surface area contributed by atoms with Crippen molar-refractivity contribution in [2.24, 2.45) is 0 Å². The first-order valence-electron chi connectivity index (χ1n) is 7.95. The molecule has 1 atom stereocenters. The van der Waals surface area contributed by atoms with Crippen molar-refractivity contribution < 1.29 is 14.3 Å². The van der Waals surface area contributed by atoms with Crippen LogP contribution in [-0.2, 0) is 0 Å². The Balaban J connectivity index is 1.56. The third-order valence-corrected chi connectivity index (χ3v) is 3.99. The van der Waals surface area contributed by atoms with Crippen LogP contribution < -0.4 is 14.8 Å². The molecule has 6 heteroatoms. The molecule has 0 radical (unpaired) electrons. The Labute approximate surface area is 141 Å². The van der Waals surface area contributed by atoms with Gasteiger partial charge in [-0.15, -0.1) is 0 Å². The number of carbonyl (C=O) groups is 1. The maximum absolute atomic E-state index is 12.4. The number of aromatic nitrogens is 1. The predicted molar refractivity (Wildman–Crippen MR) is 91.6 cm³/mol. The number of hydrogen-bond acceptors (Lipinski definition) is 4. The predicted octanol–water partition coefficient (Wildman–Crippen LogP) is 3.08. The summed E-state index contributed by atoms with van der Waals surface area (Å²) in [6, 6.07) is 13.1. The molecule has 1 aliphatic rings. The molecule has 3 rings (SSSR count). The highest BCUT2D eigenvalue weighted by Crippen LogP contribution is 2.21. The number of para-hydroxylation sites is 1. The summed E-state index contributed by atoms with van der Waals surface area (Å²) in [6.07, 6.45) is 0.843. The van der Waals surface area contributed by atoms with Gasteiger partial charge < -0.3 is 19.7 Å². The summed E-state index contributed by atoms with van der Waals surface area (Å²) in [5.41, 5.74) is 1.41. The van der Waals surface area contributed by atoms with Crippen molar-refractivity contribution in [1.29, 1.82) is 0 Å². The lowest BCUT2D eigenvalue weighted by atomic mass is 10.3. The largest absolute Gasteiger partial charge is 0.489 e. The van der Waals surface area contributed by atoms with Gasteiger partial charge in [0.05, 0.1) is 25.0 Å². The van der Waals surface area contributed by atoms with Gasteiger partial charge in [-0.25, -0.2) is 9.78 Å². The number of aryl methyl sites for hydroxylation is 1. The summed E-state index contributed by atoms with van der Waals surface area (Å²) in [5, 5.41) is 2.90. The fourth-order valence-corrected chi connectivity index (χ4v) is 2.68. The van der Waals surface area contributed by atoms with Crippen molar-refractivity contribution in [2.45, 2.75) is 19.4 Å². The molecule has 24 heavy (non-hydrogen) atoms. The first-order chi connectivity index (χ1) is 11.7. The number of nitrogens with one attached hydrogen (secondary N) is 1.